The van der Waals surface area contributed by atoms with E-state index in [1.165, 1.54) is 24.3 Å². The third-order valence-electron chi connectivity index (χ3n) is 6.37. The van der Waals surface area contributed by atoms with Gasteiger partial charge in [-0.05, 0) is 50.8 Å². The average Bonchev–Trinajstić information content (AvgIpc) is 2.85. The first-order valence-corrected chi connectivity index (χ1v) is 11.5. The summed E-state index contributed by atoms with van der Waals surface area (Å²) < 4.78 is 81.0. The van der Waals surface area contributed by atoms with Crippen molar-refractivity contribution in [2.24, 2.45) is 11.8 Å². The van der Waals surface area contributed by atoms with E-state index in [2.05, 4.69) is 0 Å². The highest BCUT2D eigenvalue weighted by molar-refractivity contribution is 5.66. The number of hydrogen-bond donors (Lipinski definition) is 0. The van der Waals surface area contributed by atoms with Gasteiger partial charge in [-0.15, -0.1) is 0 Å². The summed E-state index contributed by atoms with van der Waals surface area (Å²) >= 11 is 0. The lowest BCUT2D eigenvalue weighted by Crippen LogP contribution is -2.38. The van der Waals surface area contributed by atoms with Gasteiger partial charge in [0.15, 0.2) is 29.5 Å². The van der Waals surface area contributed by atoms with E-state index in [9.17, 15) is 17.6 Å². The van der Waals surface area contributed by atoms with Crippen LogP contribution in [-0.2, 0) is 14.2 Å². The van der Waals surface area contributed by atoms with Gasteiger partial charge in [-0.3, -0.25) is 0 Å². The molecular weight excluding hydrogens is 452 g/mol. The van der Waals surface area contributed by atoms with Crippen molar-refractivity contribution >= 4 is 0 Å². The van der Waals surface area contributed by atoms with Gasteiger partial charge in [-0.1, -0.05) is 18.2 Å². The Balaban J connectivity index is 1.45. The van der Waals surface area contributed by atoms with Crippen LogP contribution in [0.15, 0.2) is 36.4 Å². The molecule has 2 aromatic carbocycles. The number of ether oxygens (including phenoxy) is 4. The van der Waals surface area contributed by atoms with Crippen LogP contribution in [0.2, 0.25) is 0 Å². The number of rotatable bonds is 6. The molecule has 0 saturated carbocycles. The molecule has 2 fully saturated rings. The minimum absolute atomic E-state index is 0.0656. The molecule has 0 spiro atoms. The standard InChI is InChI=1S/C26H28F4O4/c1-3-5-22-33-13-16(14-34-22)15-6-10-20(32-12-15)19-8-7-17(23(27)25(19)29)18-9-11-21(31-4-2)26(30)24(18)28/h3,5,7-9,11,15-16,20,22H,4,6,10,12-14H2,1-2H3/b5-3+. The van der Waals surface area contributed by atoms with Gasteiger partial charge in [0.1, 0.15) is 0 Å². The van der Waals surface area contributed by atoms with Crippen molar-refractivity contribution in [1.82, 2.24) is 0 Å². The van der Waals surface area contributed by atoms with Gasteiger partial charge in [0.25, 0.3) is 0 Å². The molecule has 8 heteroatoms. The molecule has 4 nitrogen and oxygen atoms in total. The van der Waals surface area contributed by atoms with Crippen LogP contribution in [0.1, 0.15) is 38.4 Å². The molecule has 184 valence electrons. The highest BCUT2D eigenvalue weighted by Gasteiger charge is 2.34. The Hall–Kier alpha value is -2.42. The maximum Gasteiger partial charge on any atom is 0.201 e. The van der Waals surface area contributed by atoms with Crippen LogP contribution in [0.4, 0.5) is 17.6 Å². The zero-order chi connectivity index (χ0) is 24.2. The van der Waals surface area contributed by atoms with Gasteiger partial charge >= 0.3 is 0 Å². The first kappa shape index (κ1) is 24.7. The highest BCUT2D eigenvalue weighted by Crippen LogP contribution is 2.39. The van der Waals surface area contributed by atoms with E-state index in [1.54, 1.807) is 6.92 Å². The SMILES string of the molecule is C/C=C/C1OCC(C2CCC(c3ccc(-c4ccc(OCC)c(F)c4F)c(F)c3F)OC2)CO1. The zero-order valence-electron chi connectivity index (χ0n) is 19.2. The van der Waals surface area contributed by atoms with E-state index in [4.69, 9.17) is 18.9 Å². The molecule has 2 atom stereocenters. The monoisotopic (exact) mass is 480 g/mol. The Morgan fingerprint density at radius 1 is 0.824 bits per heavy atom. The summed E-state index contributed by atoms with van der Waals surface area (Å²) in [5, 5.41) is 0. The van der Waals surface area contributed by atoms with Crippen LogP contribution in [0.5, 0.6) is 5.75 Å². The fourth-order valence-electron chi connectivity index (χ4n) is 4.49. The molecule has 2 unspecified atom stereocenters. The number of halogens is 4. The van der Waals surface area contributed by atoms with Crippen LogP contribution in [0.25, 0.3) is 11.1 Å². The van der Waals surface area contributed by atoms with Crippen molar-refractivity contribution in [3.63, 3.8) is 0 Å². The first-order chi connectivity index (χ1) is 16.4. The summed E-state index contributed by atoms with van der Waals surface area (Å²) in [5.74, 6) is -4.81. The Labute approximate surface area is 196 Å². The van der Waals surface area contributed by atoms with Crippen molar-refractivity contribution in [3.8, 4) is 16.9 Å². The second-order valence-corrected chi connectivity index (χ2v) is 8.48. The zero-order valence-corrected chi connectivity index (χ0v) is 19.2. The molecule has 2 aromatic rings. The minimum atomic E-state index is -1.29. The molecule has 0 bridgehead atoms. The molecule has 0 N–H and O–H groups in total. The lowest BCUT2D eigenvalue weighted by atomic mass is 9.85. The highest BCUT2D eigenvalue weighted by atomic mass is 19.2. The van der Waals surface area contributed by atoms with Crippen LogP contribution in [-0.4, -0.2) is 32.7 Å². The summed E-state index contributed by atoms with van der Waals surface area (Å²) in [4.78, 5) is 0. The predicted octanol–water partition coefficient (Wildman–Crippen LogP) is 6.34. The second-order valence-electron chi connectivity index (χ2n) is 8.48. The van der Waals surface area contributed by atoms with Crippen LogP contribution < -0.4 is 4.74 Å². The molecule has 2 aliphatic rings. The van der Waals surface area contributed by atoms with E-state index in [1.807, 2.05) is 19.1 Å². The van der Waals surface area contributed by atoms with E-state index in [0.717, 1.165) is 6.42 Å². The Morgan fingerprint density at radius 2 is 1.47 bits per heavy atom. The van der Waals surface area contributed by atoms with E-state index in [0.29, 0.717) is 26.2 Å². The second kappa shape index (κ2) is 10.9. The van der Waals surface area contributed by atoms with Gasteiger partial charge in [0.2, 0.25) is 5.82 Å². The van der Waals surface area contributed by atoms with Gasteiger partial charge in [0.05, 0.1) is 32.5 Å². The molecule has 34 heavy (non-hydrogen) atoms. The molecule has 2 saturated heterocycles. The van der Waals surface area contributed by atoms with Crippen LogP contribution in [0.3, 0.4) is 0 Å². The summed E-state index contributed by atoms with van der Waals surface area (Å²) in [7, 11) is 0. The minimum Gasteiger partial charge on any atom is -0.491 e. The number of benzene rings is 2. The Kier molecular flexibility index (Phi) is 7.91. The Bertz CT molecular complexity index is 1030. The molecule has 0 aliphatic carbocycles. The lowest BCUT2D eigenvalue weighted by molar-refractivity contribution is -0.193. The van der Waals surface area contributed by atoms with Crippen molar-refractivity contribution in [2.75, 3.05) is 26.4 Å². The number of allylic oxidation sites excluding steroid dienone is 1. The molecule has 0 radical (unpaired) electrons. The number of hydrogen-bond acceptors (Lipinski definition) is 4. The smallest absolute Gasteiger partial charge is 0.201 e. The maximum absolute atomic E-state index is 15.0. The largest absolute Gasteiger partial charge is 0.491 e. The van der Waals surface area contributed by atoms with Crippen LogP contribution in [0, 0.1) is 35.1 Å². The topological polar surface area (TPSA) is 36.9 Å². The summed E-state index contributed by atoms with van der Waals surface area (Å²) in [6, 6.07) is 5.01. The fraction of sp³-hybridized carbons (Fsp3) is 0.462. The van der Waals surface area contributed by atoms with E-state index in [-0.39, 0.29) is 47.2 Å². The van der Waals surface area contributed by atoms with Crippen molar-refractivity contribution in [1.29, 1.82) is 0 Å². The van der Waals surface area contributed by atoms with Crippen molar-refractivity contribution in [3.05, 3.63) is 65.2 Å². The molecule has 0 aromatic heterocycles. The first-order valence-electron chi connectivity index (χ1n) is 11.5. The lowest BCUT2D eigenvalue weighted by Gasteiger charge is -2.37. The summed E-state index contributed by atoms with van der Waals surface area (Å²) in [6.45, 7) is 5.15. The van der Waals surface area contributed by atoms with Gasteiger partial charge in [-0.25, -0.2) is 13.2 Å². The van der Waals surface area contributed by atoms with Crippen molar-refractivity contribution < 1.29 is 36.5 Å². The third-order valence-corrected chi connectivity index (χ3v) is 6.37. The normalized spacial score (nSPS) is 25.6. The Morgan fingerprint density at radius 3 is 2.09 bits per heavy atom. The molecule has 2 aliphatic heterocycles. The third kappa shape index (κ3) is 4.99. The molecular formula is C26H28F4O4. The van der Waals surface area contributed by atoms with Crippen molar-refractivity contribution in [2.45, 2.75) is 39.1 Å². The average molecular weight is 480 g/mol. The van der Waals surface area contributed by atoms with E-state index >= 15 is 0 Å². The quantitative estimate of drug-likeness (QED) is 0.357. The van der Waals surface area contributed by atoms with E-state index < -0.39 is 29.4 Å². The van der Waals surface area contributed by atoms with Gasteiger partial charge in [0, 0.05) is 22.6 Å². The van der Waals surface area contributed by atoms with Crippen LogP contribution >= 0.6 is 0 Å². The fourth-order valence-corrected chi connectivity index (χ4v) is 4.49. The predicted molar refractivity (Wildman–Crippen MR) is 118 cm³/mol. The summed E-state index contributed by atoms with van der Waals surface area (Å²) in [5.41, 5.74) is -0.667. The van der Waals surface area contributed by atoms with Gasteiger partial charge < -0.3 is 18.9 Å². The van der Waals surface area contributed by atoms with Gasteiger partial charge in [-0.2, -0.15) is 4.39 Å². The molecule has 4 rings (SSSR count). The summed E-state index contributed by atoms with van der Waals surface area (Å²) in [6.07, 6.45) is 4.02. The molecule has 0 amide bonds. The molecule has 2 heterocycles. The maximum atomic E-state index is 15.0.